The standard InChI is InChI=1S/C42H44ClF2N5O3/c43-31-5-4-6-34-38(31)40(53)47-41-42(15-2-1-3-16-42)30-9-7-27(21-35(30)50(34)41)26-13-17-48(18-14-26)24-25-11-19-49(20-12-25)28-22-32(44)37(33(45)23-28)29-8-10-36(51)46-39(29)52/h4-7,9,21-23,25-26,29H,1-3,8,10-20,24H2,(H,46,51,52). The highest BCUT2D eigenvalue weighted by Gasteiger charge is 2.47. The number of amides is 2. The molecule has 53 heavy (non-hydrogen) atoms. The van der Waals surface area contributed by atoms with Crippen molar-refractivity contribution in [2.45, 2.75) is 87.9 Å². The molecular weight excluding hydrogens is 696 g/mol. The number of hydrogen-bond acceptors (Lipinski definition) is 6. The number of carbonyl (C=O) groups excluding carboxylic acids is 2. The Hall–Kier alpha value is -4.15. The lowest BCUT2D eigenvalue weighted by atomic mass is 9.69. The zero-order chi connectivity index (χ0) is 36.4. The highest BCUT2D eigenvalue weighted by molar-refractivity contribution is 6.35. The maximum Gasteiger partial charge on any atom is 0.282 e. The number of piperidine rings is 3. The number of fused-ring (bicyclic) bond motifs is 7. The first-order chi connectivity index (χ1) is 25.7. The second-order valence-corrected chi connectivity index (χ2v) is 16.4. The molecule has 4 fully saturated rings. The van der Waals surface area contributed by atoms with Crippen molar-refractivity contribution in [1.82, 2.24) is 19.8 Å². The van der Waals surface area contributed by atoms with Crippen LogP contribution >= 0.6 is 11.6 Å². The van der Waals surface area contributed by atoms with E-state index in [9.17, 15) is 14.4 Å². The van der Waals surface area contributed by atoms with Gasteiger partial charge in [-0.05, 0) is 111 Å². The number of carbonyl (C=O) groups is 2. The Balaban J connectivity index is 0.858. The Morgan fingerprint density at radius 1 is 0.868 bits per heavy atom. The van der Waals surface area contributed by atoms with Crippen LogP contribution in [0.25, 0.3) is 16.6 Å². The third-order valence-corrected chi connectivity index (χ3v) is 13.3. The molecule has 4 aromatic rings. The molecule has 1 aromatic heterocycles. The van der Waals surface area contributed by atoms with E-state index in [4.69, 9.17) is 16.6 Å². The van der Waals surface area contributed by atoms with Gasteiger partial charge in [0.05, 0.1) is 32.9 Å². The first-order valence-corrected chi connectivity index (χ1v) is 19.7. The van der Waals surface area contributed by atoms with Crippen LogP contribution < -0.4 is 15.8 Å². The van der Waals surface area contributed by atoms with Crippen molar-refractivity contribution < 1.29 is 18.4 Å². The number of likely N-dealkylation sites (tertiary alicyclic amines) is 1. The van der Waals surface area contributed by atoms with Crippen LogP contribution in [0, 0.1) is 17.6 Å². The first kappa shape index (κ1) is 34.6. The Morgan fingerprint density at radius 3 is 2.32 bits per heavy atom. The van der Waals surface area contributed by atoms with Crippen LogP contribution in [0.1, 0.15) is 105 Å². The zero-order valence-electron chi connectivity index (χ0n) is 29.8. The lowest BCUT2D eigenvalue weighted by Gasteiger charge is -2.38. The van der Waals surface area contributed by atoms with Gasteiger partial charge in [0.1, 0.15) is 17.5 Å². The second-order valence-electron chi connectivity index (χ2n) is 16.0. The fraction of sp³-hybridized carbons (Fsp3) is 0.476. The van der Waals surface area contributed by atoms with Gasteiger partial charge in [0.25, 0.3) is 5.56 Å². The van der Waals surface area contributed by atoms with E-state index in [0.29, 0.717) is 27.9 Å². The number of anilines is 1. The van der Waals surface area contributed by atoms with Crippen LogP contribution in [0.15, 0.2) is 53.3 Å². The number of hydrogen-bond donors (Lipinski definition) is 1. The van der Waals surface area contributed by atoms with Gasteiger partial charge >= 0.3 is 0 Å². The summed E-state index contributed by atoms with van der Waals surface area (Å²) in [7, 11) is 0. The van der Waals surface area contributed by atoms with Crippen LogP contribution in [0.2, 0.25) is 5.02 Å². The van der Waals surface area contributed by atoms with Gasteiger partial charge < -0.3 is 9.80 Å². The number of halogens is 3. The molecule has 3 saturated heterocycles. The molecule has 1 saturated carbocycles. The summed E-state index contributed by atoms with van der Waals surface area (Å²) in [5.74, 6) is -1.67. The molecular formula is C42H44ClF2N5O3. The molecule has 2 amide bonds. The number of imide groups is 1. The van der Waals surface area contributed by atoms with Crippen molar-refractivity contribution in [3.05, 3.63) is 98.1 Å². The van der Waals surface area contributed by atoms with Crippen LogP contribution in [0.3, 0.4) is 0 Å². The summed E-state index contributed by atoms with van der Waals surface area (Å²) in [6.45, 7) is 4.50. The number of aromatic nitrogens is 2. The Labute approximate surface area is 312 Å². The lowest BCUT2D eigenvalue weighted by Crippen LogP contribution is -2.41. The van der Waals surface area contributed by atoms with Gasteiger partial charge in [-0.25, -0.2) is 8.78 Å². The minimum atomic E-state index is -0.992. The van der Waals surface area contributed by atoms with E-state index in [1.54, 1.807) is 6.07 Å². The van der Waals surface area contributed by atoms with Gasteiger partial charge in [-0.2, -0.15) is 4.98 Å². The predicted molar refractivity (Wildman–Crippen MR) is 201 cm³/mol. The molecule has 8 nitrogen and oxygen atoms in total. The van der Waals surface area contributed by atoms with Crippen LogP contribution in [-0.2, 0) is 15.0 Å². The molecule has 5 aliphatic rings. The summed E-state index contributed by atoms with van der Waals surface area (Å²) in [5.41, 5.74) is 4.40. The number of nitrogens with one attached hydrogen (secondary N) is 1. The van der Waals surface area contributed by atoms with Gasteiger partial charge in [0.15, 0.2) is 0 Å². The van der Waals surface area contributed by atoms with Gasteiger partial charge in [0.2, 0.25) is 11.8 Å². The van der Waals surface area contributed by atoms with Crippen LogP contribution in [-0.4, -0.2) is 59.0 Å². The van der Waals surface area contributed by atoms with Crippen LogP contribution in [0.5, 0.6) is 0 Å². The topological polar surface area (TPSA) is 87.5 Å². The van der Waals surface area contributed by atoms with E-state index >= 15 is 8.78 Å². The molecule has 1 spiro atoms. The molecule has 4 aliphatic heterocycles. The molecule has 1 N–H and O–H groups in total. The van der Waals surface area contributed by atoms with E-state index < -0.39 is 29.4 Å². The number of nitrogens with zero attached hydrogens (tertiary/aromatic N) is 4. The Bertz CT molecular complexity index is 2160. The minimum absolute atomic E-state index is 0.0711. The van der Waals surface area contributed by atoms with Crippen molar-refractivity contribution in [1.29, 1.82) is 0 Å². The molecule has 0 radical (unpaired) electrons. The Kier molecular flexibility index (Phi) is 8.89. The van der Waals surface area contributed by atoms with E-state index in [-0.39, 0.29) is 29.4 Å². The summed E-state index contributed by atoms with van der Waals surface area (Å²) in [5, 5.41) is 3.13. The summed E-state index contributed by atoms with van der Waals surface area (Å²) >= 11 is 6.58. The van der Waals surface area contributed by atoms with Gasteiger partial charge in [0, 0.05) is 37.3 Å². The van der Waals surface area contributed by atoms with E-state index in [0.717, 1.165) is 101 Å². The summed E-state index contributed by atoms with van der Waals surface area (Å²) in [6, 6.07) is 15.4. The van der Waals surface area contributed by atoms with Crippen molar-refractivity contribution in [2.24, 2.45) is 5.92 Å². The minimum Gasteiger partial charge on any atom is -0.371 e. The monoisotopic (exact) mass is 739 g/mol. The molecule has 276 valence electrons. The first-order valence-electron chi connectivity index (χ1n) is 19.4. The average Bonchev–Trinajstić information content (AvgIpc) is 3.40. The summed E-state index contributed by atoms with van der Waals surface area (Å²) in [4.78, 5) is 46.5. The van der Waals surface area contributed by atoms with Crippen LogP contribution in [0.4, 0.5) is 14.5 Å². The van der Waals surface area contributed by atoms with Crippen molar-refractivity contribution in [2.75, 3.05) is 37.6 Å². The molecule has 3 aromatic carbocycles. The van der Waals surface area contributed by atoms with Crippen molar-refractivity contribution >= 4 is 40.0 Å². The lowest BCUT2D eigenvalue weighted by molar-refractivity contribution is -0.134. The maximum absolute atomic E-state index is 15.2. The van der Waals surface area contributed by atoms with E-state index in [2.05, 4.69) is 33.0 Å². The summed E-state index contributed by atoms with van der Waals surface area (Å²) in [6.07, 6.45) is 9.66. The third kappa shape index (κ3) is 5.97. The fourth-order valence-electron chi connectivity index (χ4n) is 10.2. The number of benzene rings is 3. The van der Waals surface area contributed by atoms with E-state index in [1.807, 2.05) is 17.0 Å². The number of rotatable bonds is 5. The summed E-state index contributed by atoms with van der Waals surface area (Å²) < 4.78 is 32.7. The highest BCUT2D eigenvalue weighted by Crippen LogP contribution is 2.52. The molecule has 5 heterocycles. The molecule has 1 atom stereocenters. The third-order valence-electron chi connectivity index (χ3n) is 13.0. The van der Waals surface area contributed by atoms with Crippen molar-refractivity contribution in [3.63, 3.8) is 0 Å². The normalized spacial score (nSPS) is 22.3. The largest absolute Gasteiger partial charge is 0.371 e. The van der Waals surface area contributed by atoms with Crippen molar-refractivity contribution in [3.8, 4) is 5.69 Å². The SMILES string of the molecule is O=C1CCC(c2c(F)cc(N3CCC(CN4CCC(c5ccc6c(c5)-n5c(nc(=O)c7c(Cl)cccc75)C65CCCCC5)CC4)CC3)cc2F)C(=O)N1. The second kappa shape index (κ2) is 13.6. The molecule has 9 rings (SSSR count). The smallest absolute Gasteiger partial charge is 0.282 e. The molecule has 11 heteroatoms. The van der Waals surface area contributed by atoms with Gasteiger partial charge in [-0.3, -0.25) is 24.3 Å². The molecule has 0 bridgehead atoms. The quantitative estimate of drug-likeness (QED) is 0.214. The average molecular weight is 740 g/mol. The van der Waals surface area contributed by atoms with E-state index in [1.165, 1.54) is 29.7 Å². The van der Waals surface area contributed by atoms with Gasteiger partial charge in [-0.1, -0.05) is 49.1 Å². The maximum atomic E-state index is 15.2. The fourth-order valence-corrected chi connectivity index (χ4v) is 10.4. The Morgan fingerprint density at radius 2 is 1.60 bits per heavy atom. The van der Waals surface area contributed by atoms with Gasteiger partial charge in [-0.15, -0.1) is 0 Å². The zero-order valence-corrected chi connectivity index (χ0v) is 30.6. The highest BCUT2D eigenvalue weighted by atomic mass is 35.5. The molecule has 1 unspecified atom stereocenters. The molecule has 1 aliphatic carbocycles. The predicted octanol–water partition coefficient (Wildman–Crippen LogP) is 7.50.